The van der Waals surface area contributed by atoms with Gasteiger partial charge >= 0.3 is 0 Å². The van der Waals surface area contributed by atoms with Gasteiger partial charge in [0.1, 0.15) is 0 Å². The van der Waals surface area contributed by atoms with Crippen LogP contribution in [0.25, 0.3) is 0 Å². The summed E-state index contributed by atoms with van der Waals surface area (Å²) >= 11 is 0. The van der Waals surface area contributed by atoms with Gasteiger partial charge in [-0.2, -0.15) is 0 Å². The quantitative estimate of drug-likeness (QED) is 0.810. The molecule has 0 radical (unpaired) electrons. The fraction of sp³-hybridized carbons (Fsp3) is 0.350. The molecule has 0 bridgehead atoms. The Morgan fingerprint density at radius 3 is 2.56 bits per heavy atom. The average Bonchev–Trinajstić information content (AvgIpc) is 2.65. The van der Waals surface area contributed by atoms with Crippen LogP contribution in [0.4, 0.5) is 0 Å². The Bertz CT molecular complexity index is 759. The Kier molecular flexibility index (Phi) is 6.00. The molecule has 5 heteroatoms. The SMILES string of the molecule is C[S@@](=O)c1ccc(C(=O)NCCCN2CCc3ccccc3C2)cc1. The minimum absolute atomic E-state index is 0.0718. The molecule has 25 heavy (non-hydrogen) atoms. The van der Waals surface area contributed by atoms with Crippen LogP contribution in [0, 0.1) is 0 Å². The first-order chi connectivity index (χ1) is 12.1. The van der Waals surface area contributed by atoms with E-state index in [0.717, 1.165) is 37.4 Å². The third-order valence-corrected chi connectivity index (χ3v) is 5.53. The molecule has 2 aromatic carbocycles. The maximum absolute atomic E-state index is 12.1. The number of nitrogens with zero attached hydrogens (tertiary/aromatic N) is 1. The van der Waals surface area contributed by atoms with Crippen molar-refractivity contribution in [2.45, 2.75) is 24.3 Å². The van der Waals surface area contributed by atoms with Crippen molar-refractivity contribution in [3.05, 3.63) is 65.2 Å². The molecule has 0 spiro atoms. The summed E-state index contributed by atoms with van der Waals surface area (Å²) in [4.78, 5) is 15.3. The van der Waals surface area contributed by atoms with E-state index in [2.05, 4.69) is 34.5 Å². The van der Waals surface area contributed by atoms with Crippen molar-refractivity contribution in [1.29, 1.82) is 0 Å². The van der Waals surface area contributed by atoms with Gasteiger partial charge in [0, 0.05) is 53.7 Å². The average molecular weight is 356 g/mol. The third-order valence-electron chi connectivity index (χ3n) is 4.59. The van der Waals surface area contributed by atoms with Crippen LogP contribution >= 0.6 is 0 Å². The molecule has 1 heterocycles. The summed E-state index contributed by atoms with van der Waals surface area (Å²) in [6.07, 6.45) is 3.67. The van der Waals surface area contributed by atoms with Crippen LogP contribution in [-0.4, -0.2) is 40.9 Å². The molecule has 2 aromatic rings. The zero-order valence-electron chi connectivity index (χ0n) is 14.5. The minimum atomic E-state index is -1.01. The highest BCUT2D eigenvalue weighted by atomic mass is 32.2. The molecule has 1 amide bonds. The molecule has 1 atom stereocenters. The molecule has 132 valence electrons. The number of rotatable bonds is 6. The zero-order chi connectivity index (χ0) is 17.6. The van der Waals surface area contributed by atoms with E-state index in [1.165, 1.54) is 11.1 Å². The molecule has 1 aliphatic heterocycles. The predicted octanol–water partition coefficient (Wildman–Crippen LogP) is 2.60. The van der Waals surface area contributed by atoms with Crippen LogP contribution in [0.5, 0.6) is 0 Å². The van der Waals surface area contributed by atoms with Gasteiger partial charge in [-0.15, -0.1) is 0 Å². The van der Waals surface area contributed by atoms with Gasteiger partial charge in [-0.1, -0.05) is 24.3 Å². The van der Waals surface area contributed by atoms with E-state index >= 15 is 0 Å². The number of carbonyl (C=O) groups is 1. The van der Waals surface area contributed by atoms with Crippen molar-refractivity contribution in [1.82, 2.24) is 10.2 Å². The van der Waals surface area contributed by atoms with Crippen LogP contribution in [0.1, 0.15) is 27.9 Å². The molecule has 1 N–H and O–H groups in total. The summed E-state index contributed by atoms with van der Waals surface area (Å²) < 4.78 is 11.4. The van der Waals surface area contributed by atoms with Gasteiger partial charge in [-0.25, -0.2) is 0 Å². The Hall–Kier alpha value is -1.98. The second kappa shape index (κ2) is 8.41. The van der Waals surface area contributed by atoms with Gasteiger partial charge in [-0.3, -0.25) is 13.9 Å². The Morgan fingerprint density at radius 1 is 1.12 bits per heavy atom. The minimum Gasteiger partial charge on any atom is -0.352 e. The number of carbonyl (C=O) groups excluding carboxylic acids is 1. The fourth-order valence-corrected chi connectivity index (χ4v) is 3.67. The van der Waals surface area contributed by atoms with E-state index in [9.17, 15) is 9.00 Å². The largest absolute Gasteiger partial charge is 0.352 e. The first-order valence-corrected chi connectivity index (χ1v) is 10.2. The number of hydrogen-bond acceptors (Lipinski definition) is 3. The van der Waals surface area contributed by atoms with Crippen LogP contribution in [0.2, 0.25) is 0 Å². The van der Waals surface area contributed by atoms with Crippen molar-refractivity contribution < 1.29 is 9.00 Å². The predicted molar refractivity (Wildman–Crippen MR) is 101 cm³/mol. The molecule has 0 saturated carbocycles. The lowest BCUT2D eigenvalue weighted by Gasteiger charge is -2.28. The normalized spacial score (nSPS) is 15.4. The lowest BCUT2D eigenvalue weighted by Crippen LogP contribution is -2.33. The van der Waals surface area contributed by atoms with Crippen LogP contribution in [0.15, 0.2) is 53.4 Å². The molecule has 4 nitrogen and oxygen atoms in total. The first kappa shape index (κ1) is 17.8. The molecule has 3 rings (SSSR count). The van der Waals surface area contributed by atoms with Crippen molar-refractivity contribution >= 4 is 16.7 Å². The molecule has 0 saturated heterocycles. The summed E-state index contributed by atoms with van der Waals surface area (Å²) in [6.45, 7) is 3.74. The van der Waals surface area contributed by atoms with E-state index in [1.807, 2.05) is 0 Å². The topological polar surface area (TPSA) is 49.4 Å². The summed E-state index contributed by atoms with van der Waals surface area (Å²) in [7, 11) is -1.01. The fourth-order valence-electron chi connectivity index (χ4n) is 3.15. The van der Waals surface area contributed by atoms with Crippen molar-refractivity contribution in [2.24, 2.45) is 0 Å². The number of amides is 1. The lowest BCUT2D eigenvalue weighted by atomic mass is 10.00. The zero-order valence-corrected chi connectivity index (χ0v) is 15.3. The molecular formula is C20H24N2O2S. The maximum Gasteiger partial charge on any atom is 0.251 e. The van der Waals surface area contributed by atoms with Gasteiger partial charge in [-0.05, 0) is 48.2 Å². The van der Waals surface area contributed by atoms with Crippen molar-refractivity contribution in [2.75, 3.05) is 25.9 Å². The summed E-state index contributed by atoms with van der Waals surface area (Å²) in [5.41, 5.74) is 3.50. The van der Waals surface area contributed by atoms with Gasteiger partial charge < -0.3 is 5.32 Å². The summed E-state index contributed by atoms with van der Waals surface area (Å²) in [5.74, 6) is -0.0718. The second-order valence-corrected chi connectivity index (χ2v) is 7.76. The Balaban J connectivity index is 1.41. The van der Waals surface area contributed by atoms with Gasteiger partial charge in [0.05, 0.1) is 0 Å². The number of hydrogen-bond donors (Lipinski definition) is 1. The molecule has 1 aliphatic rings. The van der Waals surface area contributed by atoms with Crippen LogP contribution in [0.3, 0.4) is 0 Å². The van der Waals surface area contributed by atoms with Crippen LogP contribution < -0.4 is 5.32 Å². The van der Waals surface area contributed by atoms with Gasteiger partial charge in [0.2, 0.25) is 0 Å². The lowest BCUT2D eigenvalue weighted by molar-refractivity contribution is 0.0951. The summed E-state index contributed by atoms with van der Waals surface area (Å²) in [6, 6.07) is 15.6. The van der Waals surface area contributed by atoms with Gasteiger partial charge in [0.25, 0.3) is 5.91 Å². The highest BCUT2D eigenvalue weighted by Crippen LogP contribution is 2.18. The second-order valence-electron chi connectivity index (χ2n) is 6.38. The van der Waals surface area contributed by atoms with E-state index < -0.39 is 10.8 Å². The van der Waals surface area contributed by atoms with E-state index in [4.69, 9.17) is 0 Å². The molecule has 0 unspecified atom stereocenters. The highest BCUT2D eigenvalue weighted by molar-refractivity contribution is 7.84. The smallest absolute Gasteiger partial charge is 0.251 e. The highest BCUT2D eigenvalue weighted by Gasteiger charge is 2.15. The van der Waals surface area contributed by atoms with Crippen LogP contribution in [-0.2, 0) is 23.8 Å². The Morgan fingerprint density at radius 2 is 1.84 bits per heavy atom. The summed E-state index contributed by atoms with van der Waals surface area (Å²) in [5, 5.41) is 2.96. The third kappa shape index (κ3) is 4.77. The van der Waals surface area contributed by atoms with Crippen molar-refractivity contribution in [3.63, 3.8) is 0 Å². The first-order valence-electron chi connectivity index (χ1n) is 8.64. The molecule has 0 aromatic heterocycles. The van der Waals surface area contributed by atoms with Gasteiger partial charge in [0.15, 0.2) is 0 Å². The van der Waals surface area contributed by atoms with E-state index in [1.54, 1.807) is 30.5 Å². The number of nitrogens with one attached hydrogen (secondary N) is 1. The Labute approximate surface area is 151 Å². The van der Waals surface area contributed by atoms with E-state index in [-0.39, 0.29) is 5.91 Å². The standard InChI is InChI=1S/C20H24N2O2S/c1-25(24)19-9-7-17(8-10-19)20(23)21-12-4-13-22-14-11-16-5-2-3-6-18(16)15-22/h2-3,5-10H,4,11-15H2,1H3,(H,21,23)/t25-/m1/s1. The van der Waals surface area contributed by atoms with Crippen molar-refractivity contribution in [3.8, 4) is 0 Å². The number of fused-ring (bicyclic) bond motifs is 1. The molecular weight excluding hydrogens is 332 g/mol. The monoisotopic (exact) mass is 356 g/mol. The molecule has 0 fully saturated rings. The number of benzene rings is 2. The van der Waals surface area contributed by atoms with E-state index in [0.29, 0.717) is 12.1 Å². The maximum atomic E-state index is 12.1. The molecule has 0 aliphatic carbocycles.